The number of nitrogens with one attached hydrogen (secondary N) is 2. The van der Waals surface area contributed by atoms with Crippen molar-refractivity contribution in [2.75, 3.05) is 6.54 Å². The molecule has 1 heterocycles. The minimum atomic E-state index is -0.887. The summed E-state index contributed by atoms with van der Waals surface area (Å²) in [6.45, 7) is 2.00. The summed E-state index contributed by atoms with van der Waals surface area (Å²) >= 11 is 0. The molecule has 0 spiro atoms. The highest BCUT2D eigenvalue weighted by molar-refractivity contribution is 5.83. The number of carbonyl (C=O) groups excluding carboxylic acids is 2. The second-order valence-corrected chi connectivity index (χ2v) is 6.69. The first-order valence-electron chi connectivity index (χ1n) is 9.52. The number of ether oxygens (including phenoxy) is 1. The first kappa shape index (κ1) is 20.3. The highest BCUT2D eigenvalue weighted by Crippen LogP contribution is 2.07. The molecule has 0 aliphatic heterocycles. The topological polar surface area (TPSA) is 101 Å². The van der Waals surface area contributed by atoms with Crippen LogP contribution in [0.5, 0.6) is 0 Å². The van der Waals surface area contributed by atoms with Crippen molar-refractivity contribution in [3.8, 4) is 0 Å². The highest BCUT2D eigenvalue weighted by atomic mass is 16.5. The minimum absolute atomic E-state index is 0.0168. The van der Waals surface area contributed by atoms with Crippen LogP contribution in [0.25, 0.3) is 10.9 Å². The van der Waals surface area contributed by atoms with Crippen LogP contribution in [0.4, 0.5) is 0 Å². The number of hydrogen-bond acceptors (Lipinski definition) is 5. The van der Waals surface area contributed by atoms with Gasteiger partial charge in [0.15, 0.2) is 6.10 Å². The van der Waals surface area contributed by atoms with Gasteiger partial charge in [0.25, 0.3) is 11.5 Å². The average molecular weight is 393 g/mol. The van der Waals surface area contributed by atoms with Crippen molar-refractivity contribution in [2.24, 2.45) is 0 Å². The first-order valence-corrected chi connectivity index (χ1v) is 9.52. The quantitative estimate of drug-likeness (QED) is 0.571. The molecule has 0 aliphatic carbocycles. The van der Waals surface area contributed by atoms with Gasteiger partial charge in [-0.05, 0) is 31.0 Å². The molecule has 2 N–H and O–H groups in total. The van der Waals surface area contributed by atoms with E-state index in [1.54, 1.807) is 24.3 Å². The Bertz CT molecular complexity index is 1050. The van der Waals surface area contributed by atoms with E-state index in [0.29, 0.717) is 29.7 Å². The number of H-pyrrole nitrogens is 1. The highest BCUT2D eigenvalue weighted by Gasteiger charge is 2.17. The Morgan fingerprint density at radius 2 is 1.79 bits per heavy atom. The Morgan fingerprint density at radius 3 is 2.59 bits per heavy atom. The number of benzene rings is 2. The largest absolute Gasteiger partial charge is 0.453 e. The maximum Gasteiger partial charge on any atom is 0.307 e. The number of aryl methyl sites for hydroxylation is 1. The Balaban J connectivity index is 1.45. The summed E-state index contributed by atoms with van der Waals surface area (Å²) in [5.74, 6) is -0.455. The predicted molar refractivity (Wildman–Crippen MR) is 109 cm³/mol. The molecule has 1 amide bonds. The molecule has 0 aliphatic rings. The molecule has 7 nitrogen and oxygen atoms in total. The van der Waals surface area contributed by atoms with Crippen molar-refractivity contribution < 1.29 is 14.3 Å². The van der Waals surface area contributed by atoms with Gasteiger partial charge in [-0.2, -0.15) is 0 Å². The van der Waals surface area contributed by atoms with E-state index < -0.39 is 12.1 Å². The molecule has 0 radical (unpaired) electrons. The SMILES string of the molecule is C[C@H](OC(=O)CCc1nc2ccccc2c(=O)[nH]1)C(=O)NCCc1ccccc1. The third-order valence-electron chi connectivity index (χ3n) is 4.46. The van der Waals surface area contributed by atoms with Gasteiger partial charge in [0.2, 0.25) is 0 Å². The molecule has 0 bridgehead atoms. The molecule has 0 saturated heterocycles. The van der Waals surface area contributed by atoms with E-state index in [-0.39, 0.29) is 24.3 Å². The molecule has 29 heavy (non-hydrogen) atoms. The zero-order valence-electron chi connectivity index (χ0n) is 16.2. The van der Waals surface area contributed by atoms with Gasteiger partial charge >= 0.3 is 5.97 Å². The second kappa shape index (κ2) is 9.64. The fourth-order valence-corrected chi connectivity index (χ4v) is 2.90. The Kier molecular flexibility index (Phi) is 6.73. The summed E-state index contributed by atoms with van der Waals surface area (Å²) in [4.78, 5) is 43.2. The van der Waals surface area contributed by atoms with Gasteiger partial charge in [-0.25, -0.2) is 4.98 Å². The fourth-order valence-electron chi connectivity index (χ4n) is 2.90. The van der Waals surface area contributed by atoms with Crippen LogP contribution in [0.2, 0.25) is 0 Å². The van der Waals surface area contributed by atoms with Crippen molar-refractivity contribution in [3.05, 3.63) is 76.3 Å². The number of para-hydroxylation sites is 1. The first-order chi connectivity index (χ1) is 14.0. The third-order valence-corrected chi connectivity index (χ3v) is 4.46. The van der Waals surface area contributed by atoms with Crippen LogP contribution in [0, 0.1) is 0 Å². The van der Waals surface area contributed by atoms with Crippen LogP contribution in [0.1, 0.15) is 24.7 Å². The van der Waals surface area contributed by atoms with Crippen LogP contribution in [0.15, 0.2) is 59.4 Å². The normalized spacial score (nSPS) is 11.8. The van der Waals surface area contributed by atoms with Crippen molar-refractivity contribution in [1.82, 2.24) is 15.3 Å². The van der Waals surface area contributed by atoms with Gasteiger partial charge in [-0.1, -0.05) is 42.5 Å². The molecule has 1 aromatic heterocycles. The number of carbonyl (C=O) groups is 2. The molecule has 2 aromatic carbocycles. The number of amides is 1. The molecule has 1 atom stereocenters. The maximum atomic E-state index is 12.1. The average Bonchev–Trinajstić information content (AvgIpc) is 2.73. The molecule has 150 valence electrons. The molecule has 3 aromatic rings. The van der Waals surface area contributed by atoms with Crippen LogP contribution < -0.4 is 10.9 Å². The summed E-state index contributed by atoms with van der Waals surface area (Å²) in [6, 6.07) is 16.8. The van der Waals surface area contributed by atoms with Crippen LogP contribution in [-0.4, -0.2) is 34.5 Å². The molecule has 0 unspecified atom stereocenters. The molecule has 3 rings (SSSR count). The van der Waals surface area contributed by atoms with Crippen molar-refractivity contribution in [3.63, 3.8) is 0 Å². The smallest absolute Gasteiger partial charge is 0.307 e. The van der Waals surface area contributed by atoms with E-state index in [1.807, 2.05) is 30.3 Å². The second-order valence-electron chi connectivity index (χ2n) is 6.69. The van der Waals surface area contributed by atoms with E-state index in [2.05, 4.69) is 15.3 Å². The monoisotopic (exact) mass is 393 g/mol. The van der Waals surface area contributed by atoms with Crippen LogP contribution >= 0.6 is 0 Å². The van der Waals surface area contributed by atoms with E-state index in [0.717, 1.165) is 5.56 Å². The van der Waals surface area contributed by atoms with Crippen molar-refractivity contribution in [2.45, 2.75) is 32.3 Å². The van der Waals surface area contributed by atoms with Crippen molar-refractivity contribution >= 4 is 22.8 Å². The molecule has 0 saturated carbocycles. The number of hydrogen-bond donors (Lipinski definition) is 2. The Labute approximate surface area is 168 Å². The Morgan fingerprint density at radius 1 is 1.07 bits per heavy atom. The predicted octanol–water partition coefficient (Wildman–Crippen LogP) is 2.15. The van der Waals surface area contributed by atoms with Gasteiger partial charge in [-0.15, -0.1) is 0 Å². The number of rotatable bonds is 8. The lowest BCUT2D eigenvalue weighted by Crippen LogP contribution is -2.37. The van der Waals surface area contributed by atoms with E-state index in [4.69, 9.17) is 4.74 Å². The molecule has 7 heteroatoms. The number of aromatic nitrogens is 2. The number of esters is 1. The molecular weight excluding hydrogens is 370 g/mol. The minimum Gasteiger partial charge on any atom is -0.453 e. The summed E-state index contributed by atoms with van der Waals surface area (Å²) in [5, 5.41) is 3.26. The number of fused-ring (bicyclic) bond motifs is 1. The van der Waals surface area contributed by atoms with Gasteiger partial charge in [0.1, 0.15) is 5.82 Å². The summed E-state index contributed by atoms with van der Waals surface area (Å²) in [6.07, 6.45) is 0.0557. The summed E-state index contributed by atoms with van der Waals surface area (Å²) in [7, 11) is 0. The van der Waals surface area contributed by atoms with E-state index in [9.17, 15) is 14.4 Å². The lowest BCUT2D eigenvalue weighted by atomic mass is 10.1. The lowest BCUT2D eigenvalue weighted by molar-refractivity contribution is -0.154. The fraction of sp³-hybridized carbons (Fsp3) is 0.273. The Hall–Kier alpha value is -3.48. The molecular formula is C22H23N3O4. The van der Waals surface area contributed by atoms with Gasteiger partial charge < -0.3 is 15.0 Å². The zero-order valence-corrected chi connectivity index (χ0v) is 16.2. The number of nitrogens with zero attached hydrogens (tertiary/aromatic N) is 1. The van der Waals surface area contributed by atoms with Gasteiger partial charge in [0.05, 0.1) is 17.3 Å². The summed E-state index contributed by atoms with van der Waals surface area (Å²) in [5.41, 5.74) is 1.45. The lowest BCUT2D eigenvalue weighted by Gasteiger charge is -2.13. The zero-order chi connectivity index (χ0) is 20.6. The van der Waals surface area contributed by atoms with Crippen LogP contribution in [-0.2, 0) is 27.2 Å². The van der Waals surface area contributed by atoms with Gasteiger partial charge in [-0.3, -0.25) is 14.4 Å². The van der Waals surface area contributed by atoms with Gasteiger partial charge in [0, 0.05) is 13.0 Å². The number of aromatic amines is 1. The van der Waals surface area contributed by atoms with E-state index in [1.165, 1.54) is 6.92 Å². The van der Waals surface area contributed by atoms with E-state index >= 15 is 0 Å². The van der Waals surface area contributed by atoms with Crippen LogP contribution in [0.3, 0.4) is 0 Å². The summed E-state index contributed by atoms with van der Waals surface area (Å²) < 4.78 is 5.18. The standard InChI is InChI=1S/C22H23N3O4/c1-15(21(27)23-14-13-16-7-3-2-4-8-16)29-20(26)12-11-19-24-18-10-6-5-9-17(18)22(28)25-19/h2-10,15H,11-14H2,1H3,(H,23,27)(H,24,25,28)/t15-/m0/s1. The van der Waals surface area contributed by atoms with Crippen molar-refractivity contribution in [1.29, 1.82) is 0 Å². The molecule has 0 fully saturated rings. The maximum absolute atomic E-state index is 12.1. The third kappa shape index (κ3) is 5.75.